The lowest BCUT2D eigenvalue weighted by Gasteiger charge is -2.20. The molecule has 0 aromatic carbocycles. The zero-order valence-corrected chi connectivity index (χ0v) is 8.11. The highest BCUT2D eigenvalue weighted by Crippen LogP contribution is 2.13. The van der Waals surface area contributed by atoms with Gasteiger partial charge in [-0.25, -0.2) is 0 Å². The van der Waals surface area contributed by atoms with Gasteiger partial charge in [0.1, 0.15) is 0 Å². The van der Waals surface area contributed by atoms with Crippen LogP contribution < -0.4 is 10.6 Å². The van der Waals surface area contributed by atoms with Crippen molar-refractivity contribution in [1.29, 1.82) is 0 Å². The molecule has 1 amide bonds. The first-order chi connectivity index (χ1) is 5.50. The topological polar surface area (TPSA) is 41.1 Å². The molecule has 1 saturated heterocycles. The van der Waals surface area contributed by atoms with Crippen molar-refractivity contribution in [3.8, 4) is 0 Å². The van der Waals surface area contributed by atoms with Gasteiger partial charge in [-0.2, -0.15) is 0 Å². The van der Waals surface area contributed by atoms with Crippen LogP contribution in [0.2, 0.25) is 0 Å². The van der Waals surface area contributed by atoms with Gasteiger partial charge in [0.05, 0.1) is 0 Å². The molecule has 0 bridgehead atoms. The molecule has 12 heavy (non-hydrogen) atoms. The van der Waals surface area contributed by atoms with E-state index in [-0.39, 0.29) is 11.3 Å². The Balaban J connectivity index is 2.35. The van der Waals surface area contributed by atoms with Crippen LogP contribution in [0.15, 0.2) is 0 Å². The molecule has 1 fully saturated rings. The minimum absolute atomic E-state index is 0.149. The molecule has 0 spiro atoms. The minimum atomic E-state index is -0.261. The van der Waals surface area contributed by atoms with Crippen molar-refractivity contribution < 1.29 is 4.79 Å². The van der Waals surface area contributed by atoms with Gasteiger partial charge < -0.3 is 10.6 Å². The molecular weight excluding hydrogens is 152 g/mol. The summed E-state index contributed by atoms with van der Waals surface area (Å²) in [6.07, 6.45) is 1.06. The predicted octanol–water partition coefficient (Wildman–Crippen LogP) is 0.511. The normalized spacial score (nSPS) is 24.1. The Kier molecular flexibility index (Phi) is 2.73. The molecule has 2 N–H and O–H groups in total. The van der Waals surface area contributed by atoms with E-state index in [0.29, 0.717) is 6.04 Å². The third-order valence-corrected chi connectivity index (χ3v) is 2.08. The Labute approximate surface area is 73.9 Å². The van der Waals surface area contributed by atoms with E-state index >= 15 is 0 Å². The summed E-state index contributed by atoms with van der Waals surface area (Å²) >= 11 is 0. The molecule has 0 saturated carbocycles. The molecule has 0 radical (unpaired) electrons. The molecule has 1 aliphatic heterocycles. The van der Waals surface area contributed by atoms with Crippen LogP contribution in [0.5, 0.6) is 0 Å². The summed E-state index contributed by atoms with van der Waals surface area (Å²) in [6, 6.07) is 0.344. The molecule has 3 nitrogen and oxygen atoms in total. The maximum Gasteiger partial charge on any atom is 0.225 e. The fraction of sp³-hybridized carbons (Fsp3) is 0.889. The van der Waals surface area contributed by atoms with Gasteiger partial charge in [0.2, 0.25) is 5.91 Å². The summed E-state index contributed by atoms with van der Waals surface area (Å²) in [6.45, 7) is 7.75. The van der Waals surface area contributed by atoms with Crippen LogP contribution >= 0.6 is 0 Å². The summed E-state index contributed by atoms with van der Waals surface area (Å²) < 4.78 is 0. The van der Waals surface area contributed by atoms with E-state index in [9.17, 15) is 4.79 Å². The van der Waals surface area contributed by atoms with Crippen molar-refractivity contribution in [3.05, 3.63) is 0 Å². The second-order valence-corrected chi connectivity index (χ2v) is 4.41. The molecule has 1 aliphatic rings. The highest BCUT2D eigenvalue weighted by Gasteiger charge is 2.25. The van der Waals surface area contributed by atoms with Crippen molar-refractivity contribution in [2.45, 2.75) is 33.2 Å². The van der Waals surface area contributed by atoms with Gasteiger partial charge in [-0.05, 0) is 13.0 Å². The lowest BCUT2D eigenvalue weighted by molar-refractivity contribution is -0.129. The average molecular weight is 170 g/mol. The Morgan fingerprint density at radius 3 is 2.58 bits per heavy atom. The zero-order chi connectivity index (χ0) is 9.19. The van der Waals surface area contributed by atoms with E-state index in [4.69, 9.17) is 0 Å². The van der Waals surface area contributed by atoms with Crippen LogP contribution in [0, 0.1) is 5.41 Å². The van der Waals surface area contributed by atoms with Gasteiger partial charge in [0.15, 0.2) is 0 Å². The molecule has 0 aliphatic carbocycles. The zero-order valence-electron chi connectivity index (χ0n) is 8.11. The maximum absolute atomic E-state index is 11.5. The number of rotatable bonds is 1. The van der Waals surface area contributed by atoms with Crippen molar-refractivity contribution in [2.24, 2.45) is 5.41 Å². The number of hydrogen-bond acceptors (Lipinski definition) is 2. The van der Waals surface area contributed by atoms with E-state index in [1.165, 1.54) is 0 Å². The highest BCUT2D eigenvalue weighted by atomic mass is 16.2. The number of carbonyl (C=O) groups is 1. The molecule has 1 heterocycles. The monoisotopic (exact) mass is 170 g/mol. The molecule has 0 unspecified atom stereocenters. The molecule has 0 aromatic rings. The second kappa shape index (κ2) is 3.44. The third kappa shape index (κ3) is 2.48. The predicted molar refractivity (Wildman–Crippen MR) is 48.9 cm³/mol. The Morgan fingerprint density at radius 1 is 1.50 bits per heavy atom. The van der Waals surface area contributed by atoms with E-state index < -0.39 is 0 Å². The van der Waals surface area contributed by atoms with Crippen LogP contribution in [0.3, 0.4) is 0 Å². The maximum atomic E-state index is 11.5. The molecule has 3 heteroatoms. The number of nitrogens with one attached hydrogen (secondary N) is 2. The second-order valence-electron chi connectivity index (χ2n) is 4.41. The Bertz CT molecular complexity index is 166. The van der Waals surface area contributed by atoms with Gasteiger partial charge in [-0.1, -0.05) is 20.8 Å². The number of amides is 1. The SMILES string of the molecule is CC(C)(C)C(=O)N[C@@H]1CCNC1. The van der Waals surface area contributed by atoms with Crippen molar-refractivity contribution in [1.82, 2.24) is 10.6 Å². The van der Waals surface area contributed by atoms with Crippen LogP contribution in [-0.2, 0) is 4.79 Å². The lowest BCUT2D eigenvalue weighted by Crippen LogP contribution is -2.42. The summed E-state index contributed by atoms with van der Waals surface area (Å²) in [5.41, 5.74) is -0.261. The summed E-state index contributed by atoms with van der Waals surface area (Å²) in [5.74, 6) is 0.149. The van der Waals surface area contributed by atoms with Crippen LogP contribution in [0.1, 0.15) is 27.2 Å². The first kappa shape index (κ1) is 9.52. The Morgan fingerprint density at radius 2 is 2.17 bits per heavy atom. The van der Waals surface area contributed by atoms with Gasteiger partial charge in [0.25, 0.3) is 0 Å². The number of hydrogen-bond donors (Lipinski definition) is 2. The van der Waals surface area contributed by atoms with E-state index in [2.05, 4.69) is 10.6 Å². The van der Waals surface area contributed by atoms with Gasteiger partial charge in [-0.3, -0.25) is 4.79 Å². The number of carbonyl (C=O) groups excluding carboxylic acids is 1. The van der Waals surface area contributed by atoms with Crippen molar-refractivity contribution >= 4 is 5.91 Å². The van der Waals surface area contributed by atoms with Gasteiger partial charge in [0, 0.05) is 18.0 Å². The van der Waals surface area contributed by atoms with E-state index in [0.717, 1.165) is 19.5 Å². The average Bonchev–Trinajstić information content (AvgIpc) is 2.37. The summed E-state index contributed by atoms with van der Waals surface area (Å²) in [7, 11) is 0. The standard InChI is InChI=1S/C9H18N2O/c1-9(2,3)8(12)11-7-4-5-10-6-7/h7,10H,4-6H2,1-3H3,(H,11,12)/t7-/m1/s1. The molecule has 1 atom stereocenters. The first-order valence-electron chi connectivity index (χ1n) is 4.52. The third-order valence-electron chi connectivity index (χ3n) is 2.08. The largest absolute Gasteiger partial charge is 0.352 e. The highest BCUT2D eigenvalue weighted by molar-refractivity contribution is 5.81. The Hall–Kier alpha value is -0.570. The fourth-order valence-electron chi connectivity index (χ4n) is 1.18. The van der Waals surface area contributed by atoms with Crippen molar-refractivity contribution in [2.75, 3.05) is 13.1 Å². The van der Waals surface area contributed by atoms with Crippen LogP contribution in [-0.4, -0.2) is 25.0 Å². The van der Waals surface area contributed by atoms with Gasteiger partial charge >= 0.3 is 0 Å². The molecule has 0 aromatic heterocycles. The van der Waals surface area contributed by atoms with Crippen molar-refractivity contribution in [3.63, 3.8) is 0 Å². The molecule has 1 rings (SSSR count). The minimum Gasteiger partial charge on any atom is -0.352 e. The van der Waals surface area contributed by atoms with Gasteiger partial charge in [-0.15, -0.1) is 0 Å². The molecular formula is C9H18N2O. The first-order valence-corrected chi connectivity index (χ1v) is 4.52. The smallest absolute Gasteiger partial charge is 0.225 e. The molecule has 70 valence electrons. The fourth-order valence-corrected chi connectivity index (χ4v) is 1.18. The summed E-state index contributed by atoms with van der Waals surface area (Å²) in [4.78, 5) is 11.5. The quantitative estimate of drug-likeness (QED) is 0.602. The van der Waals surface area contributed by atoms with E-state index in [1.54, 1.807) is 0 Å². The van der Waals surface area contributed by atoms with E-state index in [1.807, 2.05) is 20.8 Å². The van der Waals surface area contributed by atoms with Crippen LogP contribution in [0.4, 0.5) is 0 Å². The van der Waals surface area contributed by atoms with Crippen LogP contribution in [0.25, 0.3) is 0 Å². The summed E-state index contributed by atoms with van der Waals surface area (Å²) in [5, 5.41) is 6.23. The lowest BCUT2D eigenvalue weighted by atomic mass is 9.95.